The molecule has 8 nitrogen and oxygen atoms in total. The first-order valence-corrected chi connectivity index (χ1v) is 11.8. The minimum Gasteiger partial charge on any atom is -0.489 e. The Kier molecular flexibility index (Phi) is 6.29. The van der Waals surface area contributed by atoms with Crippen LogP contribution in [0.4, 0.5) is 22.0 Å². The number of hydrogen-bond acceptors (Lipinski definition) is 5. The maximum absolute atomic E-state index is 14.5. The second-order valence-corrected chi connectivity index (χ2v) is 9.68. The third-order valence-electron chi connectivity index (χ3n) is 6.96. The molecule has 2 aromatic carbocycles. The van der Waals surface area contributed by atoms with E-state index in [1.54, 1.807) is 0 Å². The zero-order chi connectivity index (χ0) is 29.0. The van der Waals surface area contributed by atoms with Crippen LogP contribution in [0.15, 0.2) is 54.6 Å². The number of nitrogens with two attached hydrogens (primary N) is 1. The number of ether oxygens (including phenoxy) is 1. The molecule has 3 heterocycles. The van der Waals surface area contributed by atoms with E-state index in [-0.39, 0.29) is 34.9 Å². The van der Waals surface area contributed by atoms with Gasteiger partial charge in [0, 0.05) is 22.0 Å². The summed E-state index contributed by atoms with van der Waals surface area (Å²) in [5.74, 6) is -3.14. The summed E-state index contributed by atoms with van der Waals surface area (Å²) in [5.41, 5.74) is -0.627. The van der Waals surface area contributed by atoms with Crippen molar-refractivity contribution in [3.05, 3.63) is 83.2 Å². The molecule has 0 fully saturated rings. The van der Waals surface area contributed by atoms with Crippen LogP contribution < -0.4 is 15.8 Å². The van der Waals surface area contributed by atoms with Crippen molar-refractivity contribution in [1.29, 1.82) is 0 Å². The molecule has 5 N–H and O–H groups in total. The van der Waals surface area contributed by atoms with Crippen LogP contribution in [0.1, 0.15) is 28.7 Å². The molecule has 2 atom stereocenters. The highest BCUT2D eigenvalue weighted by atomic mass is 19.4. The number of aliphatic hydroxyl groups is 1. The number of aromatic nitrogens is 2. The van der Waals surface area contributed by atoms with Crippen molar-refractivity contribution >= 4 is 22.7 Å². The first-order chi connectivity index (χ1) is 18.7. The van der Waals surface area contributed by atoms with Gasteiger partial charge in [0.05, 0.1) is 12.2 Å². The lowest BCUT2D eigenvalue weighted by atomic mass is 9.81. The minimum absolute atomic E-state index is 0.0458. The van der Waals surface area contributed by atoms with E-state index in [4.69, 9.17) is 10.5 Å². The topological polar surface area (TPSA) is 130 Å². The Balaban J connectivity index is 1.58. The van der Waals surface area contributed by atoms with Crippen LogP contribution in [0, 0.1) is 11.6 Å². The SMILES string of the molecule is C[C@]1(C(N)=O)COc2c1cc([C@@](O)(CNC(=O)c1cc3cc(F)ccc3[nH]1)C(F)(F)F)nc2-c1ccc(F)cc1. The van der Waals surface area contributed by atoms with Crippen molar-refractivity contribution in [3.8, 4) is 17.0 Å². The number of alkyl halides is 3. The first kappa shape index (κ1) is 27.1. The van der Waals surface area contributed by atoms with Crippen LogP contribution in [-0.2, 0) is 15.8 Å². The number of carbonyl (C=O) groups excluding carboxylic acids is 2. The molecule has 40 heavy (non-hydrogen) atoms. The van der Waals surface area contributed by atoms with Crippen LogP contribution >= 0.6 is 0 Å². The van der Waals surface area contributed by atoms with Crippen LogP contribution in [0.25, 0.3) is 22.2 Å². The van der Waals surface area contributed by atoms with Gasteiger partial charge < -0.3 is 25.9 Å². The number of benzene rings is 2. The van der Waals surface area contributed by atoms with Crippen molar-refractivity contribution in [2.24, 2.45) is 5.73 Å². The molecule has 13 heteroatoms. The lowest BCUT2D eigenvalue weighted by molar-refractivity contribution is -0.265. The van der Waals surface area contributed by atoms with Crippen molar-refractivity contribution in [2.75, 3.05) is 13.2 Å². The van der Waals surface area contributed by atoms with Crippen molar-refractivity contribution in [2.45, 2.75) is 24.1 Å². The number of primary amides is 1. The molecule has 1 aliphatic heterocycles. The van der Waals surface area contributed by atoms with Gasteiger partial charge in [-0.1, -0.05) is 0 Å². The molecule has 0 radical (unpaired) electrons. The number of nitrogens with zero attached hydrogens (tertiary/aromatic N) is 1. The quantitative estimate of drug-likeness (QED) is 0.267. The summed E-state index contributed by atoms with van der Waals surface area (Å²) < 4.78 is 76.1. The van der Waals surface area contributed by atoms with Crippen molar-refractivity contribution < 1.29 is 41.4 Å². The molecule has 2 aromatic heterocycles. The number of pyridine rings is 1. The highest BCUT2D eigenvalue weighted by Crippen LogP contribution is 2.47. The number of hydrogen-bond donors (Lipinski definition) is 4. The average Bonchev–Trinajstić information content (AvgIpc) is 3.48. The van der Waals surface area contributed by atoms with Crippen molar-refractivity contribution in [1.82, 2.24) is 15.3 Å². The van der Waals surface area contributed by atoms with Crippen LogP contribution in [-0.4, -0.2) is 46.2 Å². The Labute approximate surface area is 223 Å². The fraction of sp³-hybridized carbons (Fsp3) is 0.222. The van der Waals surface area contributed by atoms with E-state index in [2.05, 4.69) is 15.3 Å². The molecular weight excluding hydrogens is 539 g/mol. The normalized spacial score (nSPS) is 18.2. The molecule has 2 amide bonds. The van der Waals surface area contributed by atoms with Gasteiger partial charge in [0.2, 0.25) is 11.5 Å². The van der Waals surface area contributed by atoms with Crippen LogP contribution in [0.2, 0.25) is 0 Å². The maximum atomic E-state index is 14.5. The molecule has 208 valence electrons. The largest absolute Gasteiger partial charge is 0.489 e. The molecule has 0 bridgehead atoms. The van der Waals surface area contributed by atoms with E-state index in [0.717, 1.165) is 30.3 Å². The number of amides is 2. The van der Waals surface area contributed by atoms with Gasteiger partial charge in [-0.15, -0.1) is 0 Å². The number of fused-ring (bicyclic) bond motifs is 2. The van der Waals surface area contributed by atoms with Gasteiger partial charge in [-0.05, 0) is 61.5 Å². The number of nitrogens with one attached hydrogen (secondary N) is 2. The summed E-state index contributed by atoms with van der Waals surface area (Å²) in [5, 5.41) is 13.4. The molecule has 0 unspecified atom stereocenters. The van der Waals surface area contributed by atoms with Gasteiger partial charge in [-0.25, -0.2) is 13.8 Å². The van der Waals surface area contributed by atoms with Gasteiger partial charge in [-0.3, -0.25) is 9.59 Å². The lowest BCUT2D eigenvalue weighted by Gasteiger charge is -2.31. The summed E-state index contributed by atoms with van der Waals surface area (Å²) in [7, 11) is 0. The lowest BCUT2D eigenvalue weighted by Crippen LogP contribution is -2.52. The predicted octanol–water partition coefficient (Wildman–Crippen LogP) is 3.82. The third-order valence-corrected chi connectivity index (χ3v) is 6.96. The van der Waals surface area contributed by atoms with E-state index in [0.29, 0.717) is 10.9 Å². The van der Waals surface area contributed by atoms with E-state index >= 15 is 0 Å². The number of aromatic amines is 1. The van der Waals surface area contributed by atoms with Gasteiger partial charge in [0.15, 0.2) is 0 Å². The van der Waals surface area contributed by atoms with Gasteiger partial charge in [-0.2, -0.15) is 13.2 Å². The fourth-order valence-electron chi connectivity index (χ4n) is 4.47. The van der Waals surface area contributed by atoms with Crippen molar-refractivity contribution in [3.63, 3.8) is 0 Å². The Morgan fingerprint density at radius 3 is 2.42 bits per heavy atom. The van der Waals surface area contributed by atoms with E-state index < -0.39 is 52.9 Å². The van der Waals surface area contributed by atoms with Crippen LogP contribution in [0.3, 0.4) is 0 Å². The molecular formula is C27H21F5N4O4. The van der Waals surface area contributed by atoms with E-state index in [9.17, 15) is 36.6 Å². The molecule has 1 aliphatic rings. The number of halogens is 5. The summed E-state index contributed by atoms with van der Waals surface area (Å²) in [4.78, 5) is 31.8. The van der Waals surface area contributed by atoms with E-state index in [1.807, 2.05) is 0 Å². The number of H-pyrrole nitrogens is 1. The number of carbonyl (C=O) groups is 2. The standard InChI is InChI=1S/C27H21F5N4O4/c1-25(24(33)38)12-40-22-17(25)10-20(36-21(22)13-2-4-15(28)5-3-13)26(39,27(30,31)32)11-34-23(37)19-9-14-8-16(29)6-7-18(14)35-19/h2-10,35,39H,11-12H2,1H3,(H2,33,38)(H,34,37)/t25-,26-/m0/s1. The highest BCUT2D eigenvalue weighted by molar-refractivity contribution is 5.98. The number of rotatable bonds is 6. The Bertz CT molecular complexity index is 1650. The maximum Gasteiger partial charge on any atom is 0.424 e. The third kappa shape index (κ3) is 4.41. The average molecular weight is 560 g/mol. The van der Waals surface area contributed by atoms with Gasteiger partial charge >= 0.3 is 6.18 Å². The Hall–Kier alpha value is -4.52. The van der Waals surface area contributed by atoms with Crippen LogP contribution in [0.5, 0.6) is 5.75 Å². The van der Waals surface area contributed by atoms with E-state index in [1.165, 1.54) is 31.2 Å². The van der Waals surface area contributed by atoms with Gasteiger partial charge in [0.1, 0.15) is 40.8 Å². The summed E-state index contributed by atoms with van der Waals surface area (Å²) in [6.07, 6.45) is -5.37. The second-order valence-electron chi connectivity index (χ2n) is 9.68. The Morgan fingerprint density at radius 1 is 1.10 bits per heavy atom. The minimum atomic E-state index is -5.37. The van der Waals surface area contributed by atoms with Gasteiger partial charge in [0.25, 0.3) is 5.91 Å². The summed E-state index contributed by atoms with van der Waals surface area (Å²) >= 11 is 0. The predicted molar refractivity (Wildman–Crippen MR) is 132 cm³/mol. The Morgan fingerprint density at radius 2 is 1.77 bits per heavy atom. The zero-order valence-corrected chi connectivity index (χ0v) is 20.7. The summed E-state index contributed by atoms with van der Waals surface area (Å²) in [6, 6.07) is 10.4. The zero-order valence-electron chi connectivity index (χ0n) is 20.7. The second kappa shape index (κ2) is 9.30. The molecule has 0 saturated carbocycles. The molecule has 4 aromatic rings. The highest BCUT2D eigenvalue weighted by Gasteiger charge is 2.57. The monoisotopic (exact) mass is 560 g/mol. The summed E-state index contributed by atoms with van der Waals surface area (Å²) in [6.45, 7) is -0.312. The molecule has 0 spiro atoms. The molecule has 5 rings (SSSR count). The fourth-order valence-corrected chi connectivity index (χ4v) is 4.47. The first-order valence-electron chi connectivity index (χ1n) is 11.8. The smallest absolute Gasteiger partial charge is 0.424 e. The molecule has 0 aliphatic carbocycles. The molecule has 0 saturated heterocycles.